The molecule has 1 aliphatic heterocycles. The van der Waals surface area contributed by atoms with Crippen LogP contribution in [0.3, 0.4) is 0 Å². The number of nitrogen functional groups attached to an aromatic ring is 1. The first-order valence-electron chi connectivity index (χ1n) is 8.21. The first-order chi connectivity index (χ1) is 12.7. The zero-order valence-electron chi connectivity index (χ0n) is 14.3. The fraction of sp³-hybridized carbons (Fsp3) is 0.278. The number of anilines is 1. The van der Waals surface area contributed by atoms with Crippen LogP contribution in [0.2, 0.25) is 0 Å². The fourth-order valence-corrected chi connectivity index (χ4v) is 4.28. The molecule has 0 saturated heterocycles. The predicted molar refractivity (Wildman–Crippen MR) is 99.4 cm³/mol. The van der Waals surface area contributed by atoms with Gasteiger partial charge in [0.2, 0.25) is 0 Å². The van der Waals surface area contributed by atoms with E-state index in [-0.39, 0.29) is 12.5 Å². The first-order valence-corrected chi connectivity index (χ1v) is 9.02. The molecule has 0 bridgehead atoms. The highest BCUT2D eigenvalue weighted by Crippen LogP contribution is 2.36. The van der Waals surface area contributed by atoms with Gasteiger partial charge in [-0.25, -0.2) is 9.97 Å². The van der Waals surface area contributed by atoms with Gasteiger partial charge in [-0.2, -0.15) is 0 Å². The highest BCUT2D eigenvalue weighted by atomic mass is 32.1. The van der Waals surface area contributed by atoms with Crippen molar-refractivity contribution in [3.05, 3.63) is 41.0 Å². The van der Waals surface area contributed by atoms with Crippen LogP contribution in [0, 0.1) is 0 Å². The molecule has 3 aromatic rings. The number of hydrogen-bond acceptors (Lipinski definition) is 7. The molecule has 0 spiro atoms. The third kappa shape index (κ3) is 3.03. The molecule has 2 N–H and O–H groups in total. The van der Waals surface area contributed by atoms with Crippen molar-refractivity contribution in [1.29, 1.82) is 0 Å². The normalized spacial score (nSPS) is 13.5. The number of carbonyl (C=O) groups is 1. The van der Waals surface area contributed by atoms with Crippen LogP contribution < -0.4 is 15.2 Å². The zero-order chi connectivity index (χ0) is 18.1. The van der Waals surface area contributed by atoms with Gasteiger partial charge in [0.05, 0.1) is 19.0 Å². The van der Waals surface area contributed by atoms with Crippen LogP contribution in [0.15, 0.2) is 30.6 Å². The molecule has 0 unspecified atom stereocenters. The molecular formula is C18H18N4O3S. The van der Waals surface area contributed by atoms with Gasteiger partial charge in [-0.1, -0.05) is 0 Å². The second-order valence-electron chi connectivity index (χ2n) is 5.97. The molecule has 2 aromatic heterocycles. The Kier molecular flexibility index (Phi) is 4.34. The molecular weight excluding hydrogens is 352 g/mol. The van der Waals surface area contributed by atoms with Gasteiger partial charge in [0, 0.05) is 11.4 Å². The summed E-state index contributed by atoms with van der Waals surface area (Å²) < 4.78 is 10.7. The molecule has 7 nitrogen and oxygen atoms in total. The molecule has 8 heteroatoms. The monoisotopic (exact) mass is 370 g/mol. The minimum absolute atomic E-state index is 0.00843. The molecule has 3 heterocycles. The molecule has 26 heavy (non-hydrogen) atoms. The van der Waals surface area contributed by atoms with E-state index in [1.165, 1.54) is 11.9 Å². The van der Waals surface area contributed by atoms with Gasteiger partial charge in [0.1, 0.15) is 28.5 Å². The number of methoxy groups -OCH3 is 1. The largest absolute Gasteiger partial charge is 0.497 e. The molecule has 134 valence electrons. The number of aromatic nitrogens is 2. The lowest BCUT2D eigenvalue weighted by Crippen LogP contribution is -2.38. The van der Waals surface area contributed by atoms with E-state index in [9.17, 15) is 4.79 Å². The van der Waals surface area contributed by atoms with Gasteiger partial charge < -0.3 is 20.1 Å². The molecule has 1 amide bonds. The average Bonchev–Trinajstić information content (AvgIpc) is 3.05. The van der Waals surface area contributed by atoms with Gasteiger partial charge in [-0.3, -0.25) is 4.79 Å². The number of carbonyl (C=O) groups excluding carboxylic acids is 1. The summed E-state index contributed by atoms with van der Waals surface area (Å²) in [4.78, 5) is 24.7. The van der Waals surface area contributed by atoms with Crippen LogP contribution >= 0.6 is 11.3 Å². The number of benzene rings is 1. The summed E-state index contributed by atoms with van der Waals surface area (Å²) in [6, 6.07) is 7.17. The van der Waals surface area contributed by atoms with Gasteiger partial charge >= 0.3 is 0 Å². The lowest BCUT2D eigenvalue weighted by Gasteiger charge is -2.27. The lowest BCUT2D eigenvalue weighted by molar-refractivity contribution is -0.134. The lowest BCUT2D eigenvalue weighted by atomic mass is 10.1. The summed E-state index contributed by atoms with van der Waals surface area (Å²) in [6.45, 7) is 1.20. The van der Waals surface area contributed by atoms with E-state index >= 15 is 0 Å². The molecule has 0 radical (unpaired) electrons. The first kappa shape index (κ1) is 16.6. The van der Waals surface area contributed by atoms with E-state index < -0.39 is 0 Å². The molecule has 0 fully saturated rings. The topological polar surface area (TPSA) is 90.6 Å². The standard InChI is InChI=1S/C18H18N4O3S/c1-24-11-2-4-12(5-3-11)25-9-15(23)22-7-6-13-14(8-22)26-18-16(13)17(19)20-10-21-18/h2-5,10H,6-9H2,1H3,(H2,19,20,21). The zero-order valence-corrected chi connectivity index (χ0v) is 15.1. The Morgan fingerprint density at radius 1 is 1.27 bits per heavy atom. The van der Waals surface area contributed by atoms with Crippen LogP contribution in [-0.4, -0.2) is 41.0 Å². The highest BCUT2D eigenvalue weighted by molar-refractivity contribution is 7.19. The van der Waals surface area contributed by atoms with Crippen LogP contribution in [0.5, 0.6) is 11.5 Å². The Balaban J connectivity index is 1.44. The highest BCUT2D eigenvalue weighted by Gasteiger charge is 2.26. The maximum Gasteiger partial charge on any atom is 0.260 e. The molecule has 1 aromatic carbocycles. The fourth-order valence-electron chi connectivity index (χ4n) is 3.07. The van der Waals surface area contributed by atoms with Crippen molar-refractivity contribution in [1.82, 2.24) is 14.9 Å². The third-order valence-electron chi connectivity index (χ3n) is 4.44. The Bertz CT molecular complexity index is 955. The average molecular weight is 370 g/mol. The van der Waals surface area contributed by atoms with E-state index in [1.54, 1.807) is 42.7 Å². The number of amides is 1. The number of nitrogens with two attached hydrogens (primary N) is 1. The molecule has 0 atom stereocenters. The van der Waals surface area contributed by atoms with Crippen LogP contribution in [-0.2, 0) is 17.8 Å². The predicted octanol–water partition coefficient (Wildman–Crippen LogP) is 2.25. The molecule has 0 aliphatic carbocycles. The SMILES string of the molecule is COc1ccc(OCC(=O)N2CCc3c(sc4ncnc(N)c34)C2)cc1. The maximum atomic E-state index is 12.5. The van der Waals surface area contributed by atoms with E-state index in [0.717, 1.165) is 27.3 Å². The summed E-state index contributed by atoms with van der Waals surface area (Å²) in [6.07, 6.45) is 2.23. The number of thiophene rings is 1. The van der Waals surface area contributed by atoms with Gasteiger partial charge in [0.15, 0.2) is 6.61 Å². The minimum Gasteiger partial charge on any atom is -0.497 e. The van der Waals surface area contributed by atoms with Crippen LogP contribution in [0.1, 0.15) is 10.4 Å². The Labute approximate surface area is 154 Å². The maximum absolute atomic E-state index is 12.5. The number of hydrogen-bond donors (Lipinski definition) is 1. The summed E-state index contributed by atoms with van der Waals surface area (Å²) in [5.41, 5.74) is 7.17. The third-order valence-corrected chi connectivity index (χ3v) is 5.57. The van der Waals surface area contributed by atoms with Crippen LogP contribution in [0.25, 0.3) is 10.2 Å². The second kappa shape index (κ2) is 6.80. The van der Waals surface area contributed by atoms with Crippen molar-refractivity contribution in [3.8, 4) is 11.5 Å². The van der Waals surface area contributed by atoms with Crippen molar-refractivity contribution in [2.45, 2.75) is 13.0 Å². The number of nitrogens with zero attached hydrogens (tertiary/aromatic N) is 3. The summed E-state index contributed by atoms with van der Waals surface area (Å²) in [7, 11) is 1.61. The van der Waals surface area contributed by atoms with Crippen molar-refractivity contribution in [2.24, 2.45) is 0 Å². The van der Waals surface area contributed by atoms with Crippen molar-refractivity contribution < 1.29 is 14.3 Å². The van der Waals surface area contributed by atoms with Crippen molar-refractivity contribution in [2.75, 3.05) is 26.0 Å². The number of fused-ring (bicyclic) bond motifs is 3. The van der Waals surface area contributed by atoms with E-state index in [4.69, 9.17) is 15.2 Å². The van der Waals surface area contributed by atoms with E-state index in [2.05, 4.69) is 9.97 Å². The minimum atomic E-state index is -0.0389. The summed E-state index contributed by atoms with van der Waals surface area (Å²) in [5.74, 6) is 1.86. The molecule has 4 rings (SSSR count). The molecule has 1 aliphatic rings. The quantitative estimate of drug-likeness (QED) is 0.757. The Morgan fingerprint density at radius 2 is 2.04 bits per heavy atom. The van der Waals surface area contributed by atoms with E-state index in [0.29, 0.717) is 24.7 Å². The smallest absolute Gasteiger partial charge is 0.260 e. The molecule has 0 saturated carbocycles. The van der Waals surface area contributed by atoms with Gasteiger partial charge in [-0.05, 0) is 36.2 Å². The van der Waals surface area contributed by atoms with E-state index in [1.807, 2.05) is 4.90 Å². The van der Waals surface area contributed by atoms with Crippen LogP contribution in [0.4, 0.5) is 5.82 Å². The second-order valence-corrected chi connectivity index (χ2v) is 7.06. The van der Waals surface area contributed by atoms with Crippen molar-refractivity contribution >= 4 is 33.3 Å². The number of rotatable bonds is 4. The summed E-state index contributed by atoms with van der Waals surface area (Å²) in [5, 5.41) is 0.939. The van der Waals surface area contributed by atoms with Gasteiger partial charge in [0.25, 0.3) is 5.91 Å². The Hall–Kier alpha value is -2.87. The summed E-state index contributed by atoms with van der Waals surface area (Å²) >= 11 is 1.57. The van der Waals surface area contributed by atoms with Gasteiger partial charge in [-0.15, -0.1) is 11.3 Å². The number of ether oxygens (including phenoxy) is 2. The van der Waals surface area contributed by atoms with Crippen molar-refractivity contribution in [3.63, 3.8) is 0 Å². The Morgan fingerprint density at radius 3 is 2.81 bits per heavy atom.